The second-order valence-electron chi connectivity index (χ2n) is 6.35. The predicted octanol–water partition coefficient (Wildman–Crippen LogP) is 3.21. The number of aryl methyl sites for hydroxylation is 2. The molecule has 1 N–H and O–H groups in total. The highest BCUT2D eigenvalue weighted by Gasteiger charge is 2.19. The quantitative estimate of drug-likeness (QED) is 0.867. The summed E-state index contributed by atoms with van der Waals surface area (Å²) >= 11 is 5.59. The molecule has 1 fully saturated rings. The Morgan fingerprint density at radius 2 is 1.75 bits per heavy atom. The summed E-state index contributed by atoms with van der Waals surface area (Å²) in [5.74, 6) is 0. The smallest absolute Gasteiger partial charge is 0.173 e. The van der Waals surface area contributed by atoms with Crippen LogP contribution in [-0.2, 0) is 6.54 Å². The lowest BCUT2D eigenvalue weighted by molar-refractivity contribution is 0.177. The minimum Gasteiger partial charge on any atom is -0.346 e. The van der Waals surface area contributed by atoms with E-state index < -0.39 is 0 Å². The van der Waals surface area contributed by atoms with E-state index >= 15 is 0 Å². The van der Waals surface area contributed by atoms with Gasteiger partial charge >= 0.3 is 0 Å². The first-order valence-electron chi connectivity index (χ1n) is 8.36. The number of nitrogens with one attached hydrogen (secondary N) is 1. The minimum atomic E-state index is 0.821. The zero-order valence-electron chi connectivity index (χ0n) is 14.3. The minimum absolute atomic E-state index is 0.821. The zero-order valence-corrected chi connectivity index (χ0v) is 15.1. The van der Waals surface area contributed by atoms with Crippen molar-refractivity contribution in [3.8, 4) is 0 Å². The number of hydrogen-bond acceptors (Lipinski definition) is 3. The summed E-state index contributed by atoms with van der Waals surface area (Å²) in [5.41, 5.74) is 4.97. The molecule has 24 heavy (non-hydrogen) atoms. The van der Waals surface area contributed by atoms with E-state index in [4.69, 9.17) is 12.2 Å². The number of thiocarbonyl (C=S) groups is 1. The van der Waals surface area contributed by atoms with Gasteiger partial charge in [-0.05, 0) is 67.0 Å². The van der Waals surface area contributed by atoms with Crippen LogP contribution < -0.4 is 5.32 Å². The first-order valence-corrected chi connectivity index (χ1v) is 8.77. The van der Waals surface area contributed by atoms with E-state index in [9.17, 15) is 0 Å². The molecule has 1 aliphatic heterocycles. The van der Waals surface area contributed by atoms with Crippen LogP contribution >= 0.6 is 12.2 Å². The number of piperazine rings is 1. The van der Waals surface area contributed by atoms with Gasteiger partial charge in [-0.25, -0.2) is 0 Å². The first kappa shape index (κ1) is 16.9. The molecule has 1 aromatic heterocycles. The molecule has 1 aromatic carbocycles. The molecule has 1 saturated heterocycles. The van der Waals surface area contributed by atoms with Crippen LogP contribution in [0.1, 0.15) is 16.7 Å². The molecule has 1 aliphatic rings. The maximum Gasteiger partial charge on any atom is 0.173 e. The summed E-state index contributed by atoms with van der Waals surface area (Å²) in [5, 5.41) is 4.20. The maximum absolute atomic E-state index is 5.59. The monoisotopic (exact) mass is 340 g/mol. The zero-order chi connectivity index (χ0) is 16.9. The molecule has 0 saturated carbocycles. The third-order valence-electron chi connectivity index (χ3n) is 4.57. The fourth-order valence-corrected chi connectivity index (χ4v) is 3.18. The molecule has 2 heterocycles. The third-order valence-corrected chi connectivity index (χ3v) is 4.93. The Balaban J connectivity index is 1.50. The number of hydrogen-bond donors (Lipinski definition) is 1. The Morgan fingerprint density at radius 3 is 2.42 bits per heavy atom. The van der Waals surface area contributed by atoms with Crippen molar-refractivity contribution < 1.29 is 0 Å². The topological polar surface area (TPSA) is 31.4 Å². The van der Waals surface area contributed by atoms with Crippen molar-refractivity contribution in [2.75, 3.05) is 31.5 Å². The Hall–Kier alpha value is -1.98. The van der Waals surface area contributed by atoms with Crippen molar-refractivity contribution in [3.05, 3.63) is 59.4 Å². The normalized spacial score (nSPS) is 15.3. The van der Waals surface area contributed by atoms with Gasteiger partial charge in [0, 0.05) is 50.8 Å². The van der Waals surface area contributed by atoms with Gasteiger partial charge in [0.15, 0.2) is 5.11 Å². The largest absolute Gasteiger partial charge is 0.346 e. The Morgan fingerprint density at radius 1 is 1.04 bits per heavy atom. The lowest BCUT2D eigenvalue weighted by Gasteiger charge is -2.36. The molecule has 5 heteroatoms. The number of nitrogens with zero attached hydrogens (tertiary/aromatic N) is 3. The van der Waals surface area contributed by atoms with Crippen LogP contribution in [0.25, 0.3) is 0 Å². The molecule has 3 rings (SSSR count). The van der Waals surface area contributed by atoms with Crippen molar-refractivity contribution in [3.63, 3.8) is 0 Å². The number of benzene rings is 1. The van der Waals surface area contributed by atoms with Crippen LogP contribution in [0.5, 0.6) is 0 Å². The number of anilines is 1. The van der Waals surface area contributed by atoms with Gasteiger partial charge in [-0.3, -0.25) is 9.88 Å². The van der Waals surface area contributed by atoms with E-state index in [1.54, 1.807) is 0 Å². The van der Waals surface area contributed by atoms with Crippen LogP contribution in [0.2, 0.25) is 0 Å². The Bertz CT molecular complexity index is 694. The summed E-state index contributed by atoms with van der Waals surface area (Å²) < 4.78 is 0. The molecule has 126 valence electrons. The second kappa shape index (κ2) is 7.73. The van der Waals surface area contributed by atoms with Crippen molar-refractivity contribution in [1.29, 1.82) is 0 Å². The highest BCUT2D eigenvalue weighted by molar-refractivity contribution is 7.80. The maximum atomic E-state index is 5.59. The fraction of sp³-hybridized carbons (Fsp3) is 0.368. The van der Waals surface area contributed by atoms with Crippen LogP contribution in [0.4, 0.5) is 5.69 Å². The van der Waals surface area contributed by atoms with E-state index in [0.717, 1.165) is 43.5 Å². The summed E-state index contributed by atoms with van der Waals surface area (Å²) in [7, 11) is 0. The molecule has 0 unspecified atom stereocenters. The number of aromatic nitrogens is 1. The number of rotatable bonds is 3. The molecule has 0 aliphatic carbocycles. The first-order chi connectivity index (χ1) is 11.6. The Labute approximate surface area is 149 Å². The lowest BCUT2D eigenvalue weighted by Crippen LogP contribution is -2.49. The second-order valence-corrected chi connectivity index (χ2v) is 6.73. The van der Waals surface area contributed by atoms with Gasteiger partial charge in [0.2, 0.25) is 0 Å². The van der Waals surface area contributed by atoms with Crippen LogP contribution in [0.3, 0.4) is 0 Å². The molecule has 0 bridgehead atoms. The standard InChI is InChI=1S/C19H24N4S/c1-15-3-4-18(13-16(15)2)21-19(24)23-11-9-22(10-12-23)14-17-5-7-20-8-6-17/h3-8,13H,9-12,14H2,1-2H3,(H,21,24). The predicted molar refractivity (Wildman–Crippen MR) is 103 cm³/mol. The highest BCUT2D eigenvalue weighted by atomic mass is 32.1. The van der Waals surface area contributed by atoms with Crippen molar-refractivity contribution >= 4 is 23.0 Å². The van der Waals surface area contributed by atoms with E-state index in [1.165, 1.54) is 16.7 Å². The van der Waals surface area contributed by atoms with E-state index in [1.807, 2.05) is 12.4 Å². The van der Waals surface area contributed by atoms with Crippen LogP contribution in [-0.4, -0.2) is 46.1 Å². The summed E-state index contributed by atoms with van der Waals surface area (Å²) in [6.07, 6.45) is 3.71. The van der Waals surface area contributed by atoms with Crippen molar-refractivity contribution in [2.24, 2.45) is 0 Å². The summed E-state index contributed by atoms with van der Waals surface area (Å²) in [6.45, 7) is 9.20. The van der Waals surface area contributed by atoms with Gasteiger partial charge in [0.05, 0.1) is 0 Å². The van der Waals surface area contributed by atoms with Crippen LogP contribution in [0, 0.1) is 13.8 Å². The fourth-order valence-electron chi connectivity index (χ4n) is 2.88. The summed E-state index contributed by atoms with van der Waals surface area (Å²) in [6, 6.07) is 10.5. The van der Waals surface area contributed by atoms with Gasteiger partial charge in [0.25, 0.3) is 0 Å². The lowest BCUT2D eigenvalue weighted by atomic mass is 10.1. The average molecular weight is 340 g/mol. The number of pyridine rings is 1. The molecular formula is C19H24N4S. The third kappa shape index (κ3) is 4.30. The van der Waals surface area contributed by atoms with E-state index in [-0.39, 0.29) is 0 Å². The average Bonchev–Trinajstić information content (AvgIpc) is 2.60. The van der Waals surface area contributed by atoms with E-state index in [2.05, 4.69) is 64.3 Å². The Kier molecular flexibility index (Phi) is 5.43. The van der Waals surface area contributed by atoms with Crippen molar-refractivity contribution in [2.45, 2.75) is 20.4 Å². The molecule has 0 radical (unpaired) electrons. The van der Waals surface area contributed by atoms with Gasteiger partial charge in [0.1, 0.15) is 0 Å². The van der Waals surface area contributed by atoms with Gasteiger partial charge in [-0.15, -0.1) is 0 Å². The molecular weight excluding hydrogens is 316 g/mol. The van der Waals surface area contributed by atoms with Gasteiger partial charge in [-0.2, -0.15) is 0 Å². The molecule has 2 aromatic rings. The van der Waals surface area contributed by atoms with E-state index in [0.29, 0.717) is 0 Å². The van der Waals surface area contributed by atoms with Gasteiger partial charge in [-0.1, -0.05) is 6.07 Å². The van der Waals surface area contributed by atoms with Crippen molar-refractivity contribution in [1.82, 2.24) is 14.8 Å². The highest BCUT2D eigenvalue weighted by Crippen LogP contribution is 2.15. The summed E-state index contributed by atoms with van der Waals surface area (Å²) in [4.78, 5) is 8.79. The SMILES string of the molecule is Cc1ccc(NC(=S)N2CCN(Cc3ccncc3)CC2)cc1C. The van der Waals surface area contributed by atoms with Gasteiger partial charge < -0.3 is 10.2 Å². The molecule has 0 amide bonds. The molecule has 0 spiro atoms. The van der Waals surface area contributed by atoms with Crippen LogP contribution in [0.15, 0.2) is 42.7 Å². The molecule has 0 atom stereocenters. The molecule has 4 nitrogen and oxygen atoms in total.